The molecule has 0 aliphatic carbocycles. The van der Waals surface area contributed by atoms with Crippen molar-refractivity contribution in [1.82, 2.24) is 10.3 Å². The first kappa shape index (κ1) is 25.0. The van der Waals surface area contributed by atoms with Gasteiger partial charge < -0.3 is 5.32 Å². The van der Waals surface area contributed by atoms with Gasteiger partial charge in [-0.2, -0.15) is 0 Å². The molecule has 1 aromatic carbocycles. The first-order valence-electron chi connectivity index (χ1n) is 9.72. The van der Waals surface area contributed by atoms with Gasteiger partial charge in [-0.05, 0) is 60.7 Å². The predicted octanol–water partition coefficient (Wildman–Crippen LogP) is 5.79. The number of nitrogens with zero attached hydrogens (tertiary/aromatic N) is 1. The minimum absolute atomic E-state index is 0.0421. The molecule has 0 saturated heterocycles. The monoisotopic (exact) mass is 412 g/mol. The molecular formula is C25H30F2N2O. The van der Waals surface area contributed by atoms with Gasteiger partial charge in [-0.1, -0.05) is 44.3 Å². The van der Waals surface area contributed by atoms with E-state index >= 15 is 0 Å². The molecule has 0 spiro atoms. The number of benzene rings is 1. The molecule has 1 N–H and O–H groups in total. The Hall–Kier alpha value is -3.08. The van der Waals surface area contributed by atoms with E-state index in [-0.39, 0.29) is 12.2 Å². The van der Waals surface area contributed by atoms with Crippen LogP contribution < -0.4 is 5.32 Å². The number of allylic oxidation sites excluding steroid dienone is 3. The highest BCUT2D eigenvalue weighted by Crippen LogP contribution is 2.20. The van der Waals surface area contributed by atoms with E-state index in [0.29, 0.717) is 16.8 Å². The van der Waals surface area contributed by atoms with Crippen molar-refractivity contribution < 1.29 is 13.6 Å². The summed E-state index contributed by atoms with van der Waals surface area (Å²) in [4.78, 5) is 15.4. The van der Waals surface area contributed by atoms with Gasteiger partial charge in [0, 0.05) is 37.1 Å². The van der Waals surface area contributed by atoms with Crippen molar-refractivity contribution >= 4 is 11.4 Å². The summed E-state index contributed by atoms with van der Waals surface area (Å²) in [5, 5.41) is 2.87. The zero-order valence-electron chi connectivity index (χ0n) is 18.1. The number of carbonyl (C=O) groups is 1. The Morgan fingerprint density at radius 3 is 2.27 bits per heavy atom. The fourth-order valence-corrected chi connectivity index (χ4v) is 2.68. The normalized spacial score (nSPS) is 11.2. The van der Waals surface area contributed by atoms with Crippen molar-refractivity contribution in [3.8, 4) is 0 Å². The van der Waals surface area contributed by atoms with Crippen LogP contribution in [-0.4, -0.2) is 23.7 Å². The van der Waals surface area contributed by atoms with Gasteiger partial charge in [-0.25, -0.2) is 8.78 Å². The number of nitrogens with one attached hydrogen (secondary N) is 1. The molecule has 3 nitrogen and oxygen atoms in total. The lowest BCUT2D eigenvalue weighted by Crippen LogP contribution is -2.13. The molecule has 160 valence electrons. The quantitative estimate of drug-likeness (QED) is 0.441. The average molecular weight is 413 g/mol. The van der Waals surface area contributed by atoms with Gasteiger partial charge in [-0.15, -0.1) is 0 Å². The van der Waals surface area contributed by atoms with Crippen molar-refractivity contribution in [2.45, 2.75) is 39.5 Å². The fraction of sp³-hybridized carbons (Fsp3) is 0.280. The average Bonchev–Trinajstić information content (AvgIpc) is 2.71. The van der Waals surface area contributed by atoms with Gasteiger partial charge in [0.1, 0.15) is 0 Å². The topological polar surface area (TPSA) is 42.0 Å². The fourth-order valence-electron chi connectivity index (χ4n) is 2.68. The van der Waals surface area contributed by atoms with Gasteiger partial charge in [0.25, 0.3) is 0 Å². The molecule has 30 heavy (non-hydrogen) atoms. The molecule has 0 radical (unpaired) electrons. The highest BCUT2D eigenvalue weighted by Gasteiger charge is 2.21. The number of halogens is 2. The number of alkyl halides is 2. The minimum atomic E-state index is -2.60. The Labute approximate surface area is 178 Å². The first-order chi connectivity index (χ1) is 14.1. The third-order valence-electron chi connectivity index (χ3n) is 4.29. The number of hydrogen-bond acceptors (Lipinski definition) is 3. The van der Waals surface area contributed by atoms with E-state index in [1.165, 1.54) is 6.92 Å². The van der Waals surface area contributed by atoms with Crippen molar-refractivity contribution in [3.05, 3.63) is 96.0 Å². The van der Waals surface area contributed by atoms with Crippen molar-refractivity contribution in [2.75, 3.05) is 7.05 Å². The smallest absolute Gasteiger partial charge is 0.249 e. The van der Waals surface area contributed by atoms with Crippen LogP contribution >= 0.6 is 0 Å². The van der Waals surface area contributed by atoms with E-state index in [2.05, 4.69) is 23.5 Å². The Morgan fingerprint density at radius 2 is 1.77 bits per heavy atom. The van der Waals surface area contributed by atoms with E-state index < -0.39 is 5.92 Å². The molecule has 1 aromatic heterocycles. The largest absolute Gasteiger partial charge is 0.388 e. The first-order valence-corrected chi connectivity index (χ1v) is 9.72. The van der Waals surface area contributed by atoms with Crippen LogP contribution in [0, 0.1) is 0 Å². The van der Waals surface area contributed by atoms with Crippen LogP contribution in [0.5, 0.6) is 0 Å². The molecule has 1 heterocycles. The predicted molar refractivity (Wildman–Crippen MR) is 120 cm³/mol. The number of rotatable bonds is 8. The maximum atomic E-state index is 12.6. The van der Waals surface area contributed by atoms with Gasteiger partial charge in [0.05, 0.1) is 0 Å². The molecule has 0 fully saturated rings. The maximum Gasteiger partial charge on any atom is 0.249 e. The van der Waals surface area contributed by atoms with Gasteiger partial charge >= 0.3 is 0 Å². The molecule has 0 amide bonds. The lowest BCUT2D eigenvalue weighted by molar-refractivity contribution is -0.113. The van der Waals surface area contributed by atoms with Crippen LogP contribution in [0.1, 0.15) is 37.5 Å². The molecular weight excluding hydrogens is 382 g/mol. The maximum absolute atomic E-state index is 12.6. The summed E-state index contributed by atoms with van der Waals surface area (Å²) in [5.74, 6) is -2.65. The minimum Gasteiger partial charge on any atom is -0.388 e. The summed E-state index contributed by atoms with van der Waals surface area (Å²) in [7, 11) is 1.73. The lowest BCUT2D eigenvalue weighted by Gasteiger charge is -2.10. The highest BCUT2D eigenvalue weighted by atomic mass is 19.3. The van der Waals surface area contributed by atoms with E-state index in [9.17, 15) is 13.6 Å². The van der Waals surface area contributed by atoms with Crippen LogP contribution in [0.3, 0.4) is 0 Å². The molecule has 0 atom stereocenters. The molecule has 0 unspecified atom stereocenters. The third-order valence-corrected chi connectivity index (χ3v) is 4.29. The SMILES string of the molecule is C=C(NC)/C(=C\C(=C)c1ccncc1)C(C)=O.CCc1cccc(CC(C)(F)F)c1. The van der Waals surface area contributed by atoms with E-state index in [1.54, 1.807) is 31.6 Å². The summed E-state index contributed by atoms with van der Waals surface area (Å²) in [5.41, 5.74) is 4.65. The molecule has 0 saturated carbocycles. The highest BCUT2D eigenvalue weighted by molar-refractivity contribution is 6.00. The van der Waals surface area contributed by atoms with Crippen molar-refractivity contribution in [2.24, 2.45) is 0 Å². The summed E-state index contributed by atoms with van der Waals surface area (Å²) < 4.78 is 25.3. The number of Topliss-reactive ketones (excluding diaryl/α,β-unsaturated/α-hetero) is 1. The van der Waals surface area contributed by atoms with E-state index in [0.717, 1.165) is 30.0 Å². The zero-order valence-corrected chi connectivity index (χ0v) is 18.1. The molecule has 2 aromatic rings. The number of pyridine rings is 1. The van der Waals surface area contributed by atoms with Gasteiger partial charge in [0.15, 0.2) is 5.78 Å². The second-order valence-corrected chi connectivity index (χ2v) is 7.02. The summed E-state index contributed by atoms with van der Waals surface area (Å²) in [6, 6.07) is 11.1. The second-order valence-electron chi connectivity index (χ2n) is 7.02. The third kappa shape index (κ3) is 8.95. The number of carbonyl (C=O) groups excluding carboxylic acids is 1. The molecule has 0 aliphatic heterocycles. The summed E-state index contributed by atoms with van der Waals surface area (Å²) >= 11 is 0. The number of aromatic nitrogens is 1. The Balaban J connectivity index is 0.000000311. The summed E-state index contributed by atoms with van der Waals surface area (Å²) in [6.45, 7) is 12.2. The van der Waals surface area contributed by atoms with Crippen LogP contribution in [0.2, 0.25) is 0 Å². The van der Waals surface area contributed by atoms with E-state index in [1.807, 2.05) is 37.3 Å². The van der Waals surface area contributed by atoms with Crippen molar-refractivity contribution in [1.29, 1.82) is 0 Å². The zero-order chi connectivity index (χ0) is 22.7. The Bertz CT molecular complexity index is 897. The number of likely N-dealkylation sites (N-methyl/N-ethyl adjacent to an activating group) is 1. The Morgan fingerprint density at radius 1 is 1.17 bits per heavy atom. The molecule has 2 rings (SSSR count). The number of aryl methyl sites for hydroxylation is 1. The van der Waals surface area contributed by atoms with Crippen LogP contribution in [0.15, 0.2) is 79.3 Å². The lowest BCUT2D eigenvalue weighted by atomic mass is 10.0. The van der Waals surface area contributed by atoms with Crippen LogP contribution in [0.25, 0.3) is 5.57 Å². The van der Waals surface area contributed by atoms with Gasteiger partial charge in [-0.3, -0.25) is 9.78 Å². The molecule has 0 bridgehead atoms. The molecule has 5 heteroatoms. The van der Waals surface area contributed by atoms with E-state index in [4.69, 9.17) is 0 Å². The number of ketones is 1. The number of hydrogen-bond donors (Lipinski definition) is 1. The Kier molecular flexibility index (Phi) is 9.82. The standard InChI is InChI=1S/C14H16N2O.C11H14F2/c1-10(13-5-7-16-8-6-13)9-14(12(3)17)11(2)15-4;1-3-9-5-4-6-10(7-9)8-11(2,12)13/h5-9,15H,1-2H2,3-4H3;4-7H,3,8H2,1-2H3/b14-9+;. The van der Waals surface area contributed by atoms with Gasteiger partial charge in [0.2, 0.25) is 5.92 Å². The summed E-state index contributed by atoms with van der Waals surface area (Å²) in [6.07, 6.45) is 5.84. The van der Waals surface area contributed by atoms with Crippen LogP contribution in [-0.2, 0) is 17.6 Å². The van der Waals surface area contributed by atoms with Crippen LogP contribution in [0.4, 0.5) is 8.78 Å². The molecule has 0 aliphatic rings. The van der Waals surface area contributed by atoms with Crippen molar-refractivity contribution in [3.63, 3.8) is 0 Å². The second kappa shape index (κ2) is 11.8.